The molecule has 5 heteroatoms. The lowest BCUT2D eigenvalue weighted by atomic mass is 9.88. The Balaban J connectivity index is 1.11. The lowest BCUT2D eigenvalue weighted by molar-refractivity contribution is 0.204. The molecule has 2 saturated heterocycles. The van der Waals surface area contributed by atoms with Crippen LogP contribution in [0.15, 0.2) is 72.9 Å². The van der Waals surface area contributed by atoms with Crippen LogP contribution in [0.1, 0.15) is 59.8 Å². The number of rotatable bonds is 5. The second kappa shape index (κ2) is 10.6. The predicted molar refractivity (Wildman–Crippen MR) is 152 cm³/mol. The van der Waals surface area contributed by atoms with E-state index in [-0.39, 0.29) is 0 Å². The van der Waals surface area contributed by atoms with E-state index in [0.717, 1.165) is 56.5 Å². The third-order valence-corrected chi connectivity index (χ3v) is 8.68. The second-order valence-electron chi connectivity index (χ2n) is 10.6. The Morgan fingerprint density at radius 2 is 1.68 bits per heavy atom. The van der Waals surface area contributed by atoms with E-state index in [2.05, 4.69) is 81.5 Å². The number of likely N-dealkylation sites (tertiary alicyclic amines) is 1. The maximum Gasteiger partial charge on any atom is 0.101 e. The van der Waals surface area contributed by atoms with Crippen molar-refractivity contribution in [2.75, 3.05) is 31.1 Å². The molecular weight excluding hydrogens is 476 g/mol. The van der Waals surface area contributed by atoms with Gasteiger partial charge in [0.2, 0.25) is 0 Å². The molecule has 6 rings (SSSR count). The third-order valence-electron chi connectivity index (χ3n) is 8.36. The molecule has 0 radical (unpaired) electrons. The van der Waals surface area contributed by atoms with Crippen molar-refractivity contribution in [3.05, 3.63) is 100 Å². The van der Waals surface area contributed by atoms with E-state index in [1.54, 1.807) is 6.20 Å². The molecule has 3 heterocycles. The molecular formula is C32H33ClN4. The summed E-state index contributed by atoms with van der Waals surface area (Å²) in [7, 11) is 0. The minimum Gasteiger partial charge on any atom is -0.371 e. The first-order valence-electron chi connectivity index (χ1n) is 13.5. The van der Waals surface area contributed by atoms with Crippen LogP contribution < -0.4 is 4.90 Å². The fourth-order valence-electron chi connectivity index (χ4n) is 6.35. The molecule has 2 aliphatic rings. The fourth-order valence-corrected chi connectivity index (χ4v) is 6.61. The minimum absolute atomic E-state index is 0.410. The molecule has 1 atom stereocenters. The molecule has 188 valence electrons. The summed E-state index contributed by atoms with van der Waals surface area (Å²) in [5.41, 5.74) is 7.10. The van der Waals surface area contributed by atoms with Crippen LogP contribution in [0.4, 0.5) is 5.69 Å². The molecule has 2 fully saturated rings. The van der Waals surface area contributed by atoms with Crippen molar-refractivity contribution in [1.82, 2.24) is 9.88 Å². The van der Waals surface area contributed by atoms with Crippen LogP contribution in [0.3, 0.4) is 0 Å². The Labute approximate surface area is 224 Å². The number of hydrogen-bond donors (Lipinski definition) is 1. The number of H-pyrrole nitrogens is 1. The Morgan fingerprint density at radius 3 is 2.43 bits per heavy atom. The first kappa shape index (κ1) is 24.1. The Bertz CT molecular complexity index is 1390. The van der Waals surface area contributed by atoms with Crippen molar-refractivity contribution >= 4 is 28.2 Å². The van der Waals surface area contributed by atoms with E-state index in [1.807, 2.05) is 6.07 Å². The van der Waals surface area contributed by atoms with Gasteiger partial charge in [0, 0.05) is 42.8 Å². The zero-order valence-corrected chi connectivity index (χ0v) is 21.9. The maximum atomic E-state index is 9.49. The van der Waals surface area contributed by atoms with Crippen LogP contribution >= 0.6 is 11.6 Å². The summed E-state index contributed by atoms with van der Waals surface area (Å²) in [6, 6.07) is 26.6. The highest BCUT2D eigenvalue weighted by atomic mass is 35.5. The number of piperidine rings is 2. The highest BCUT2D eigenvalue weighted by molar-refractivity contribution is 6.36. The zero-order chi connectivity index (χ0) is 25.2. The first-order chi connectivity index (χ1) is 18.2. The smallest absolute Gasteiger partial charge is 0.101 e. The van der Waals surface area contributed by atoms with Gasteiger partial charge in [-0.3, -0.25) is 4.90 Å². The van der Waals surface area contributed by atoms with Crippen LogP contribution in [-0.4, -0.2) is 36.1 Å². The summed E-state index contributed by atoms with van der Waals surface area (Å²) >= 11 is 6.46. The van der Waals surface area contributed by atoms with Crippen molar-refractivity contribution in [2.45, 2.75) is 44.1 Å². The van der Waals surface area contributed by atoms with E-state index in [0.29, 0.717) is 22.4 Å². The summed E-state index contributed by atoms with van der Waals surface area (Å²) in [4.78, 5) is 8.44. The van der Waals surface area contributed by atoms with Crippen LogP contribution in [0.25, 0.3) is 10.9 Å². The summed E-state index contributed by atoms with van der Waals surface area (Å²) in [5, 5.41) is 11.0. The third kappa shape index (κ3) is 4.99. The number of nitrogens with one attached hydrogen (secondary N) is 1. The number of nitriles is 1. The molecule has 0 aliphatic carbocycles. The molecule has 1 unspecified atom stereocenters. The summed E-state index contributed by atoms with van der Waals surface area (Å²) < 4.78 is 0. The lowest BCUT2D eigenvalue weighted by Gasteiger charge is -2.35. The largest absolute Gasteiger partial charge is 0.371 e. The van der Waals surface area contributed by atoms with Gasteiger partial charge in [0.15, 0.2) is 0 Å². The second-order valence-corrected chi connectivity index (χ2v) is 11.0. The topological polar surface area (TPSA) is 46.1 Å². The molecule has 1 N–H and O–H groups in total. The van der Waals surface area contributed by atoms with Crippen molar-refractivity contribution < 1.29 is 0 Å². The average Bonchev–Trinajstić information content (AvgIpc) is 3.40. The monoisotopic (exact) mass is 508 g/mol. The van der Waals surface area contributed by atoms with Gasteiger partial charge in [0.05, 0.1) is 16.1 Å². The summed E-state index contributed by atoms with van der Waals surface area (Å²) in [6.07, 6.45) is 6.54. The van der Waals surface area contributed by atoms with Crippen molar-refractivity contribution in [1.29, 1.82) is 5.26 Å². The zero-order valence-electron chi connectivity index (χ0n) is 21.2. The highest BCUT2D eigenvalue weighted by Crippen LogP contribution is 2.37. The number of benzene rings is 3. The number of halogens is 1. The number of nitrogens with zero attached hydrogens (tertiary/aromatic N) is 3. The standard InChI is InChI=1S/C32H33ClN4/c33-30-13-12-29(32-31(30)27(19-34)20-35-32)26-7-4-16-37(22-26)28-10-8-24(9-11-28)25-14-17-36(18-15-25)21-23-5-2-1-3-6-23/h1-3,5-6,8-13,20,25-26,35H,4,7,14-18,21-22H2. The van der Waals surface area contributed by atoms with Gasteiger partial charge in [0.1, 0.15) is 6.07 Å². The van der Waals surface area contributed by atoms with Gasteiger partial charge in [-0.1, -0.05) is 60.1 Å². The normalized spacial score (nSPS) is 19.2. The minimum atomic E-state index is 0.410. The quantitative estimate of drug-likeness (QED) is 0.304. The van der Waals surface area contributed by atoms with Gasteiger partial charge >= 0.3 is 0 Å². The molecule has 0 spiro atoms. The lowest BCUT2D eigenvalue weighted by Crippen LogP contribution is -2.34. The molecule has 37 heavy (non-hydrogen) atoms. The number of anilines is 1. The number of aromatic nitrogens is 1. The highest BCUT2D eigenvalue weighted by Gasteiger charge is 2.26. The van der Waals surface area contributed by atoms with Gasteiger partial charge in [-0.2, -0.15) is 5.26 Å². The van der Waals surface area contributed by atoms with Crippen LogP contribution in [0.5, 0.6) is 0 Å². The van der Waals surface area contributed by atoms with Crippen LogP contribution in [0.2, 0.25) is 5.02 Å². The average molecular weight is 509 g/mol. The molecule has 0 saturated carbocycles. The van der Waals surface area contributed by atoms with E-state index in [4.69, 9.17) is 11.6 Å². The van der Waals surface area contributed by atoms with E-state index in [1.165, 1.54) is 35.2 Å². The molecule has 0 amide bonds. The molecule has 3 aromatic carbocycles. The van der Waals surface area contributed by atoms with E-state index < -0.39 is 0 Å². The SMILES string of the molecule is N#Cc1c[nH]c2c(C3CCCN(c4ccc(C5CCN(Cc6ccccc6)CC5)cc4)C3)ccc(Cl)c12. The summed E-state index contributed by atoms with van der Waals surface area (Å²) in [6.45, 7) is 5.45. The Hall–Kier alpha value is -3.26. The fraction of sp³-hybridized carbons (Fsp3) is 0.344. The van der Waals surface area contributed by atoms with E-state index >= 15 is 0 Å². The van der Waals surface area contributed by atoms with Crippen LogP contribution in [-0.2, 0) is 6.54 Å². The van der Waals surface area contributed by atoms with Gasteiger partial charge in [-0.15, -0.1) is 0 Å². The molecule has 1 aromatic heterocycles. The molecule has 0 bridgehead atoms. The Kier molecular flexibility index (Phi) is 6.91. The van der Waals surface area contributed by atoms with Gasteiger partial charge in [0.25, 0.3) is 0 Å². The molecule has 4 nitrogen and oxygen atoms in total. The maximum absolute atomic E-state index is 9.49. The van der Waals surface area contributed by atoms with E-state index in [9.17, 15) is 5.26 Å². The van der Waals surface area contributed by atoms with Gasteiger partial charge < -0.3 is 9.88 Å². The number of hydrogen-bond acceptors (Lipinski definition) is 3. The Morgan fingerprint density at radius 1 is 0.892 bits per heavy atom. The van der Waals surface area contributed by atoms with Crippen molar-refractivity contribution in [2.24, 2.45) is 0 Å². The first-order valence-corrected chi connectivity index (χ1v) is 13.9. The molecule has 4 aromatic rings. The van der Waals surface area contributed by atoms with Gasteiger partial charge in [-0.25, -0.2) is 0 Å². The van der Waals surface area contributed by atoms with Gasteiger partial charge in [-0.05, 0) is 79.6 Å². The number of fused-ring (bicyclic) bond motifs is 1. The number of aromatic amines is 1. The summed E-state index contributed by atoms with van der Waals surface area (Å²) in [5.74, 6) is 1.06. The van der Waals surface area contributed by atoms with Crippen LogP contribution in [0, 0.1) is 11.3 Å². The predicted octanol–water partition coefficient (Wildman–Crippen LogP) is 7.46. The van der Waals surface area contributed by atoms with Crippen molar-refractivity contribution in [3.8, 4) is 6.07 Å². The molecule has 2 aliphatic heterocycles. The van der Waals surface area contributed by atoms with Crippen molar-refractivity contribution in [3.63, 3.8) is 0 Å².